The molecule has 66 valence electrons. The Morgan fingerprint density at radius 2 is 2.23 bits per heavy atom. The number of benzene rings is 1. The monoisotopic (exact) mass is 180 g/mol. The zero-order valence-corrected chi connectivity index (χ0v) is 6.31. The van der Waals surface area contributed by atoms with E-state index in [4.69, 9.17) is 0 Å². The lowest BCUT2D eigenvalue weighted by molar-refractivity contribution is -0.383. The van der Waals surface area contributed by atoms with E-state index in [0.717, 1.165) is 0 Å². The van der Waals surface area contributed by atoms with Gasteiger partial charge in [-0.25, -0.2) is 4.79 Å². The molecule has 1 aromatic rings. The van der Waals surface area contributed by atoms with Crippen LogP contribution in [-0.4, -0.2) is 11.0 Å². The molecule has 0 aromatic heterocycles. The summed E-state index contributed by atoms with van der Waals surface area (Å²) in [5.74, 6) is 0.172. The SMILES string of the molecule is O=C1Nc2ccc(cc2[N+](=O)[O-])O1. The molecule has 1 amide bonds. The molecule has 0 spiro atoms. The van der Waals surface area contributed by atoms with Crippen molar-refractivity contribution in [1.29, 1.82) is 0 Å². The second kappa shape index (κ2) is 2.44. The summed E-state index contributed by atoms with van der Waals surface area (Å²) in [5.41, 5.74) is -0.0143. The molecule has 0 atom stereocenters. The maximum atomic E-state index is 10.8. The molecule has 2 heterocycles. The van der Waals surface area contributed by atoms with Gasteiger partial charge in [-0.05, 0) is 12.1 Å². The van der Waals surface area contributed by atoms with Gasteiger partial charge in [-0.3, -0.25) is 15.4 Å². The van der Waals surface area contributed by atoms with Crippen molar-refractivity contribution >= 4 is 17.5 Å². The molecule has 13 heavy (non-hydrogen) atoms. The zero-order valence-electron chi connectivity index (χ0n) is 6.31. The predicted octanol–water partition coefficient (Wildman–Crippen LogP) is 1.52. The molecular formula is C7H4N2O4. The van der Waals surface area contributed by atoms with Crippen molar-refractivity contribution in [3.8, 4) is 5.75 Å². The fourth-order valence-corrected chi connectivity index (χ4v) is 1.07. The predicted molar refractivity (Wildman–Crippen MR) is 42.7 cm³/mol. The first-order valence-corrected chi connectivity index (χ1v) is 3.44. The van der Waals surface area contributed by atoms with Crippen LogP contribution >= 0.6 is 0 Å². The molecular weight excluding hydrogens is 176 g/mol. The Bertz CT molecular complexity index is 401. The van der Waals surface area contributed by atoms with Crippen molar-refractivity contribution in [2.45, 2.75) is 0 Å². The molecule has 0 radical (unpaired) electrons. The summed E-state index contributed by atoms with van der Waals surface area (Å²) in [5, 5.41) is 12.7. The van der Waals surface area contributed by atoms with Gasteiger partial charge in [0.05, 0.1) is 11.0 Å². The molecule has 0 fully saturated rings. The minimum atomic E-state index is -0.705. The van der Waals surface area contributed by atoms with Crippen molar-refractivity contribution < 1.29 is 14.5 Å². The van der Waals surface area contributed by atoms with Crippen LogP contribution in [0.1, 0.15) is 0 Å². The van der Waals surface area contributed by atoms with Crippen LogP contribution in [0.5, 0.6) is 5.75 Å². The number of nitrogens with zero attached hydrogens (tertiary/aromatic N) is 1. The van der Waals surface area contributed by atoms with Gasteiger partial charge in [0.15, 0.2) is 0 Å². The fraction of sp³-hybridized carbons (Fsp3) is 0. The lowest BCUT2D eigenvalue weighted by atomic mass is 10.2. The summed E-state index contributed by atoms with van der Waals surface area (Å²) in [7, 11) is 0. The average molecular weight is 180 g/mol. The van der Waals surface area contributed by atoms with Gasteiger partial charge < -0.3 is 4.74 Å². The molecule has 2 aliphatic heterocycles. The van der Waals surface area contributed by atoms with E-state index in [1.165, 1.54) is 18.2 Å². The molecule has 2 bridgehead atoms. The van der Waals surface area contributed by atoms with Crippen LogP contribution in [0.3, 0.4) is 0 Å². The van der Waals surface area contributed by atoms with Gasteiger partial charge in [0.2, 0.25) is 0 Å². The van der Waals surface area contributed by atoms with Gasteiger partial charge >= 0.3 is 6.09 Å². The van der Waals surface area contributed by atoms with Gasteiger partial charge in [0.25, 0.3) is 5.69 Å². The van der Waals surface area contributed by atoms with Crippen LogP contribution in [0.4, 0.5) is 16.2 Å². The third-order valence-corrected chi connectivity index (χ3v) is 1.61. The number of anilines is 1. The normalized spacial score (nSPS) is 13.1. The minimum absolute atomic E-state index is 0.149. The molecule has 3 rings (SSSR count). The van der Waals surface area contributed by atoms with Crippen LogP contribution in [0.2, 0.25) is 0 Å². The molecule has 2 aliphatic rings. The Balaban J connectivity index is 2.59. The Morgan fingerprint density at radius 1 is 1.46 bits per heavy atom. The van der Waals surface area contributed by atoms with E-state index in [0.29, 0.717) is 0 Å². The highest BCUT2D eigenvalue weighted by atomic mass is 16.6. The van der Waals surface area contributed by atoms with Crippen molar-refractivity contribution in [1.82, 2.24) is 0 Å². The Morgan fingerprint density at radius 3 is 2.92 bits per heavy atom. The van der Waals surface area contributed by atoms with E-state index >= 15 is 0 Å². The standard InChI is InChI=1S/C7H4N2O4/c10-7-8-5-2-1-4(13-7)3-6(5)9(11)12/h1-3H,(H,8,10). The number of fused-ring (bicyclic) bond motifs is 4. The highest BCUT2D eigenvalue weighted by Gasteiger charge is 2.22. The van der Waals surface area contributed by atoms with Crippen LogP contribution in [0.25, 0.3) is 0 Å². The number of hydrogen-bond donors (Lipinski definition) is 1. The maximum absolute atomic E-state index is 10.8. The van der Waals surface area contributed by atoms with E-state index in [2.05, 4.69) is 10.1 Å². The van der Waals surface area contributed by atoms with Gasteiger partial charge in [0, 0.05) is 0 Å². The number of carbonyl (C=O) groups is 1. The fourth-order valence-electron chi connectivity index (χ4n) is 1.07. The number of rotatable bonds is 1. The first kappa shape index (κ1) is 7.53. The maximum Gasteiger partial charge on any atom is 0.417 e. The highest BCUT2D eigenvalue weighted by Crippen LogP contribution is 2.31. The summed E-state index contributed by atoms with van der Waals surface area (Å²) < 4.78 is 4.66. The van der Waals surface area contributed by atoms with E-state index in [1.807, 2.05) is 0 Å². The summed E-state index contributed by atoms with van der Waals surface area (Å²) >= 11 is 0. The topological polar surface area (TPSA) is 81.5 Å². The van der Waals surface area contributed by atoms with E-state index in [1.54, 1.807) is 0 Å². The Labute approximate surface area is 72.3 Å². The molecule has 6 nitrogen and oxygen atoms in total. The summed E-state index contributed by atoms with van der Waals surface area (Å²) in [4.78, 5) is 20.7. The molecule has 0 aliphatic carbocycles. The molecule has 6 heteroatoms. The molecule has 1 N–H and O–H groups in total. The number of carbonyl (C=O) groups excluding carboxylic acids is 1. The number of hydrogen-bond acceptors (Lipinski definition) is 4. The third kappa shape index (κ3) is 1.18. The number of nitro groups is 1. The highest BCUT2D eigenvalue weighted by molar-refractivity contribution is 5.91. The van der Waals surface area contributed by atoms with Crippen molar-refractivity contribution in [3.63, 3.8) is 0 Å². The van der Waals surface area contributed by atoms with Gasteiger partial charge in [-0.1, -0.05) is 0 Å². The van der Waals surface area contributed by atoms with E-state index < -0.39 is 11.0 Å². The summed E-state index contributed by atoms with van der Waals surface area (Å²) in [6.07, 6.45) is -0.705. The average Bonchev–Trinajstić information content (AvgIpc) is 2.31. The first-order chi connectivity index (χ1) is 6.16. The van der Waals surface area contributed by atoms with Crippen LogP contribution in [-0.2, 0) is 0 Å². The van der Waals surface area contributed by atoms with Gasteiger partial charge in [0.1, 0.15) is 11.4 Å². The Hall–Kier alpha value is -2.11. The smallest absolute Gasteiger partial charge is 0.410 e. The molecule has 1 aromatic carbocycles. The van der Waals surface area contributed by atoms with E-state index in [-0.39, 0.29) is 17.1 Å². The van der Waals surface area contributed by atoms with Crippen molar-refractivity contribution in [2.75, 3.05) is 5.32 Å². The first-order valence-electron chi connectivity index (χ1n) is 3.44. The van der Waals surface area contributed by atoms with E-state index in [9.17, 15) is 14.9 Å². The van der Waals surface area contributed by atoms with Gasteiger partial charge in [-0.15, -0.1) is 0 Å². The second-order valence-corrected chi connectivity index (χ2v) is 2.45. The number of amides is 1. The van der Waals surface area contributed by atoms with Crippen molar-refractivity contribution in [3.05, 3.63) is 28.3 Å². The van der Waals surface area contributed by atoms with Gasteiger partial charge in [-0.2, -0.15) is 0 Å². The van der Waals surface area contributed by atoms with Crippen LogP contribution in [0.15, 0.2) is 18.2 Å². The summed E-state index contributed by atoms with van der Waals surface area (Å²) in [6.45, 7) is 0. The quantitative estimate of drug-likeness (QED) is 0.524. The molecule has 0 saturated heterocycles. The lowest BCUT2D eigenvalue weighted by Crippen LogP contribution is -2.13. The number of nitrogens with one attached hydrogen (secondary N) is 1. The van der Waals surface area contributed by atoms with Crippen LogP contribution in [0, 0.1) is 10.1 Å². The Kier molecular flexibility index (Phi) is 1.42. The number of nitro benzene ring substituents is 1. The second-order valence-electron chi connectivity index (χ2n) is 2.45. The zero-order chi connectivity index (χ0) is 9.42. The third-order valence-electron chi connectivity index (χ3n) is 1.61. The molecule has 0 saturated carbocycles. The van der Waals surface area contributed by atoms with Crippen LogP contribution < -0.4 is 10.1 Å². The minimum Gasteiger partial charge on any atom is -0.410 e. The lowest BCUT2D eigenvalue weighted by Gasteiger charge is -1.96. The molecule has 0 unspecified atom stereocenters. The number of ether oxygens (including phenoxy) is 1. The largest absolute Gasteiger partial charge is 0.417 e. The summed E-state index contributed by atoms with van der Waals surface area (Å²) in [6, 6.07) is 4.12. The van der Waals surface area contributed by atoms with Crippen molar-refractivity contribution in [2.24, 2.45) is 0 Å².